The molecule has 0 amide bonds. The number of methoxy groups -OCH3 is 1. The van der Waals surface area contributed by atoms with Crippen molar-refractivity contribution in [3.05, 3.63) is 51.2 Å². The number of esters is 1. The lowest BCUT2D eigenvalue weighted by Crippen LogP contribution is -2.35. The largest absolute Gasteiger partial charge is 0.481 e. The molecule has 0 spiro atoms. The highest BCUT2D eigenvalue weighted by molar-refractivity contribution is 6.06. The molecule has 1 aromatic rings. The molecule has 24 heavy (non-hydrogen) atoms. The van der Waals surface area contributed by atoms with Crippen LogP contribution in [0.5, 0.6) is 0 Å². The Hall–Kier alpha value is -3.03. The van der Waals surface area contributed by atoms with E-state index in [9.17, 15) is 24.8 Å². The van der Waals surface area contributed by atoms with Gasteiger partial charge in [0, 0.05) is 29.0 Å². The van der Waals surface area contributed by atoms with Crippen LogP contribution in [0.4, 0.5) is 5.69 Å². The first-order valence-electron chi connectivity index (χ1n) is 7.10. The summed E-state index contributed by atoms with van der Waals surface area (Å²) in [4.78, 5) is 38.9. The molecule has 8 heteroatoms. The van der Waals surface area contributed by atoms with E-state index >= 15 is 0 Å². The molecule has 1 aliphatic heterocycles. The number of nitro groups is 1. The Morgan fingerprint density at radius 1 is 1.29 bits per heavy atom. The summed E-state index contributed by atoms with van der Waals surface area (Å²) in [6.07, 6.45) is 0. The van der Waals surface area contributed by atoms with Crippen molar-refractivity contribution in [3.8, 4) is 0 Å². The molecule has 0 bridgehead atoms. The normalized spacial score (nSPS) is 20.4. The van der Waals surface area contributed by atoms with Crippen LogP contribution in [0.1, 0.15) is 25.3 Å². The quantitative estimate of drug-likeness (QED) is 0.513. The number of para-hydroxylation sites is 1. The maximum atomic E-state index is 12.2. The number of aliphatic carboxylic acids is 1. The molecule has 126 valence electrons. The minimum absolute atomic E-state index is 0.0183. The number of hydrogen-bond donors (Lipinski definition) is 1. The zero-order chi connectivity index (χ0) is 18.0. The fourth-order valence-electron chi connectivity index (χ4n) is 2.98. The van der Waals surface area contributed by atoms with Crippen LogP contribution in [-0.2, 0) is 14.3 Å². The first kappa shape index (κ1) is 17.3. The first-order valence-corrected chi connectivity index (χ1v) is 7.10. The second-order valence-corrected chi connectivity index (χ2v) is 5.35. The highest BCUT2D eigenvalue weighted by Gasteiger charge is 2.43. The summed E-state index contributed by atoms with van der Waals surface area (Å²) in [5.74, 6) is -4.20. The molecule has 0 aliphatic carbocycles. The summed E-state index contributed by atoms with van der Waals surface area (Å²) in [7, 11) is 1.17. The molecule has 1 aromatic carbocycles. The highest BCUT2D eigenvalue weighted by Crippen LogP contribution is 2.42. The van der Waals surface area contributed by atoms with Gasteiger partial charge in [0.05, 0.1) is 17.6 Å². The highest BCUT2D eigenvalue weighted by atomic mass is 16.6. The number of allylic oxidation sites excluding steroid dienone is 1. The Balaban J connectivity index is 2.78. The Bertz CT molecular complexity index is 781. The number of nitro benzene ring substituents is 1. The van der Waals surface area contributed by atoms with Crippen molar-refractivity contribution >= 4 is 23.3 Å². The van der Waals surface area contributed by atoms with Crippen molar-refractivity contribution in [1.82, 2.24) is 0 Å². The van der Waals surface area contributed by atoms with Crippen molar-refractivity contribution in [2.75, 3.05) is 7.11 Å². The predicted molar refractivity (Wildman–Crippen MR) is 84.8 cm³/mol. The van der Waals surface area contributed by atoms with Gasteiger partial charge in [0.15, 0.2) is 0 Å². The first-order chi connectivity index (χ1) is 11.3. The fourth-order valence-corrected chi connectivity index (χ4v) is 2.98. The van der Waals surface area contributed by atoms with Gasteiger partial charge in [0.2, 0.25) is 0 Å². The zero-order valence-corrected chi connectivity index (χ0v) is 13.3. The average molecular weight is 332 g/mol. The molecule has 2 unspecified atom stereocenters. The minimum atomic E-state index is -1.21. The van der Waals surface area contributed by atoms with Gasteiger partial charge >= 0.3 is 11.9 Å². The van der Waals surface area contributed by atoms with E-state index in [2.05, 4.69) is 4.99 Å². The van der Waals surface area contributed by atoms with Crippen molar-refractivity contribution in [2.24, 2.45) is 10.9 Å². The van der Waals surface area contributed by atoms with E-state index in [0.29, 0.717) is 5.70 Å². The molecular weight excluding hydrogens is 316 g/mol. The monoisotopic (exact) mass is 332 g/mol. The van der Waals surface area contributed by atoms with Crippen molar-refractivity contribution in [1.29, 1.82) is 0 Å². The van der Waals surface area contributed by atoms with E-state index in [0.717, 1.165) is 0 Å². The second-order valence-electron chi connectivity index (χ2n) is 5.35. The van der Waals surface area contributed by atoms with Crippen LogP contribution in [-0.4, -0.2) is 34.8 Å². The maximum absolute atomic E-state index is 12.2. The van der Waals surface area contributed by atoms with Gasteiger partial charge in [-0.15, -0.1) is 0 Å². The number of benzene rings is 1. The lowest BCUT2D eigenvalue weighted by Gasteiger charge is -2.29. The number of aliphatic imine (C=N–C) groups is 1. The zero-order valence-electron chi connectivity index (χ0n) is 13.3. The third-order valence-electron chi connectivity index (χ3n) is 3.97. The topological polar surface area (TPSA) is 119 Å². The molecule has 0 radical (unpaired) electrons. The van der Waals surface area contributed by atoms with E-state index in [1.54, 1.807) is 13.0 Å². The predicted octanol–water partition coefficient (Wildman–Crippen LogP) is 2.30. The van der Waals surface area contributed by atoms with Gasteiger partial charge in [-0.05, 0) is 13.8 Å². The second kappa shape index (κ2) is 6.61. The molecular formula is C16H16N2O6. The van der Waals surface area contributed by atoms with Gasteiger partial charge in [0.1, 0.15) is 5.92 Å². The Labute approximate surface area is 137 Å². The van der Waals surface area contributed by atoms with E-state index in [1.165, 1.54) is 32.2 Å². The molecule has 0 saturated heterocycles. The van der Waals surface area contributed by atoms with Gasteiger partial charge in [-0.3, -0.25) is 19.9 Å². The molecule has 0 fully saturated rings. The summed E-state index contributed by atoms with van der Waals surface area (Å²) in [5, 5.41) is 20.9. The van der Waals surface area contributed by atoms with Crippen LogP contribution in [0.3, 0.4) is 0 Å². The maximum Gasteiger partial charge on any atom is 0.336 e. The SMILES string of the molecule is COC(=O)C1=C(C)N=C(C)C(C(=O)O)C1c1ccccc1[N+](=O)[O-]. The van der Waals surface area contributed by atoms with Gasteiger partial charge in [0.25, 0.3) is 5.69 Å². The number of ether oxygens (including phenoxy) is 1. The van der Waals surface area contributed by atoms with E-state index in [-0.39, 0.29) is 22.5 Å². The summed E-state index contributed by atoms with van der Waals surface area (Å²) >= 11 is 0. The molecule has 1 aliphatic rings. The van der Waals surface area contributed by atoms with Crippen LogP contribution < -0.4 is 0 Å². The minimum Gasteiger partial charge on any atom is -0.481 e. The van der Waals surface area contributed by atoms with Crippen LogP contribution in [0.2, 0.25) is 0 Å². The van der Waals surface area contributed by atoms with Crippen LogP contribution in [0.25, 0.3) is 0 Å². The lowest BCUT2D eigenvalue weighted by molar-refractivity contribution is -0.385. The Morgan fingerprint density at radius 3 is 2.46 bits per heavy atom. The number of carboxylic acid groups (broad SMARTS) is 1. The summed E-state index contributed by atoms with van der Waals surface area (Å²) in [6.45, 7) is 3.08. The van der Waals surface area contributed by atoms with Crippen molar-refractivity contribution in [2.45, 2.75) is 19.8 Å². The number of rotatable bonds is 4. The van der Waals surface area contributed by atoms with Gasteiger partial charge in [-0.1, -0.05) is 18.2 Å². The Morgan fingerprint density at radius 2 is 1.92 bits per heavy atom. The molecule has 8 nitrogen and oxygen atoms in total. The molecule has 0 saturated carbocycles. The summed E-state index contributed by atoms with van der Waals surface area (Å²) in [6, 6.07) is 5.77. The third-order valence-corrected chi connectivity index (χ3v) is 3.97. The van der Waals surface area contributed by atoms with Gasteiger partial charge in [-0.2, -0.15) is 0 Å². The lowest BCUT2D eigenvalue weighted by atomic mass is 9.75. The average Bonchev–Trinajstić information content (AvgIpc) is 2.52. The number of carbonyl (C=O) groups excluding carboxylic acids is 1. The van der Waals surface area contributed by atoms with Crippen LogP contribution >= 0.6 is 0 Å². The fraction of sp³-hybridized carbons (Fsp3) is 0.312. The number of carbonyl (C=O) groups is 2. The van der Waals surface area contributed by atoms with Crippen molar-refractivity contribution in [3.63, 3.8) is 0 Å². The molecule has 2 rings (SSSR count). The summed E-state index contributed by atoms with van der Waals surface area (Å²) < 4.78 is 4.75. The number of hydrogen-bond acceptors (Lipinski definition) is 6. The Kier molecular flexibility index (Phi) is 4.77. The molecule has 0 aromatic heterocycles. The van der Waals surface area contributed by atoms with Gasteiger partial charge in [-0.25, -0.2) is 4.79 Å². The van der Waals surface area contributed by atoms with Gasteiger partial charge < -0.3 is 9.84 Å². The van der Waals surface area contributed by atoms with Crippen LogP contribution in [0, 0.1) is 16.0 Å². The van der Waals surface area contributed by atoms with E-state index in [1.807, 2.05) is 0 Å². The smallest absolute Gasteiger partial charge is 0.336 e. The van der Waals surface area contributed by atoms with E-state index in [4.69, 9.17) is 4.74 Å². The number of carboxylic acids is 1. The molecule has 1 N–H and O–H groups in total. The van der Waals surface area contributed by atoms with Crippen molar-refractivity contribution < 1.29 is 24.4 Å². The molecule has 1 heterocycles. The van der Waals surface area contributed by atoms with Crippen LogP contribution in [0.15, 0.2) is 40.5 Å². The van der Waals surface area contributed by atoms with E-state index < -0.39 is 28.7 Å². The standard InChI is InChI=1S/C16H16N2O6/c1-8-12(15(19)20)14(13(9(2)17-8)16(21)24-3)10-6-4-5-7-11(10)18(22)23/h4-7,12,14H,1-3H3,(H,19,20). The molecule has 2 atom stereocenters. The third kappa shape index (κ3) is 2.90. The number of nitrogens with zero attached hydrogens (tertiary/aromatic N) is 2. The summed E-state index contributed by atoms with van der Waals surface area (Å²) in [5.41, 5.74) is 0.474.